The van der Waals surface area contributed by atoms with Gasteiger partial charge in [-0.15, -0.1) is 24.0 Å². The number of carbonyl (C=O) groups excluding carboxylic acids is 2. The first-order valence-electron chi connectivity index (χ1n) is 7.03. The van der Waals surface area contributed by atoms with Gasteiger partial charge in [0, 0.05) is 39.6 Å². The van der Waals surface area contributed by atoms with E-state index in [1.807, 2.05) is 6.92 Å². The molecule has 0 bridgehead atoms. The fourth-order valence-electron chi connectivity index (χ4n) is 1.93. The van der Waals surface area contributed by atoms with E-state index in [1.165, 1.54) is 4.90 Å². The smallest absolute Gasteiger partial charge is 0.229 e. The number of methoxy groups -OCH3 is 1. The van der Waals surface area contributed by atoms with Gasteiger partial charge in [-0.05, 0) is 13.3 Å². The zero-order chi connectivity index (χ0) is 14.8. The minimum Gasteiger partial charge on any atom is -0.383 e. The van der Waals surface area contributed by atoms with Crippen LogP contribution in [0.15, 0.2) is 4.99 Å². The van der Waals surface area contributed by atoms with Gasteiger partial charge in [-0.2, -0.15) is 0 Å². The predicted octanol–water partition coefficient (Wildman–Crippen LogP) is 0.345. The number of amides is 2. The summed E-state index contributed by atoms with van der Waals surface area (Å²) in [6.45, 7) is 4.72. The summed E-state index contributed by atoms with van der Waals surface area (Å²) >= 11 is 0. The van der Waals surface area contributed by atoms with Crippen LogP contribution in [0, 0.1) is 0 Å². The summed E-state index contributed by atoms with van der Waals surface area (Å²) in [6.07, 6.45) is 1.60. The van der Waals surface area contributed by atoms with Gasteiger partial charge in [0.15, 0.2) is 5.96 Å². The van der Waals surface area contributed by atoms with Crippen molar-refractivity contribution in [3.05, 3.63) is 0 Å². The first-order chi connectivity index (χ1) is 9.69. The van der Waals surface area contributed by atoms with Crippen molar-refractivity contribution in [1.82, 2.24) is 15.5 Å². The van der Waals surface area contributed by atoms with Crippen molar-refractivity contribution >= 4 is 41.8 Å². The number of ether oxygens (including phenoxy) is 1. The minimum absolute atomic E-state index is 0. The zero-order valence-corrected chi connectivity index (χ0v) is 15.0. The van der Waals surface area contributed by atoms with E-state index in [1.54, 1.807) is 7.11 Å². The first kappa shape index (κ1) is 20.1. The molecule has 0 unspecified atom stereocenters. The van der Waals surface area contributed by atoms with Crippen LogP contribution in [-0.4, -0.2) is 62.6 Å². The number of guanidine groups is 1. The van der Waals surface area contributed by atoms with Crippen molar-refractivity contribution in [2.24, 2.45) is 4.99 Å². The van der Waals surface area contributed by atoms with Crippen LogP contribution < -0.4 is 10.6 Å². The Kier molecular flexibility index (Phi) is 11.2. The molecule has 0 spiro atoms. The van der Waals surface area contributed by atoms with Crippen LogP contribution in [0.25, 0.3) is 0 Å². The molecule has 1 aliphatic heterocycles. The monoisotopic (exact) mass is 412 g/mol. The number of likely N-dealkylation sites (tertiary alicyclic amines) is 1. The van der Waals surface area contributed by atoms with E-state index < -0.39 is 0 Å². The van der Waals surface area contributed by atoms with Crippen LogP contribution in [0.1, 0.15) is 26.2 Å². The Hall–Kier alpha value is -0.900. The normalized spacial score (nSPS) is 15.7. The number of nitrogens with one attached hydrogen (secondary N) is 2. The largest absolute Gasteiger partial charge is 0.383 e. The fourth-order valence-corrected chi connectivity index (χ4v) is 1.93. The molecule has 1 fully saturated rings. The molecule has 0 radical (unpaired) electrons. The zero-order valence-electron chi connectivity index (χ0n) is 12.7. The molecule has 122 valence electrons. The summed E-state index contributed by atoms with van der Waals surface area (Å²) in [7, 11) is 1.63. The van der Waals surface area contributed by atoms with Crippen molar-refractivity contribution in [2.75, 3.05) is 39.9 Å². The van der Waals surface area contributed by atoms with Crippen molar-refractivity contribution < 1.29 is 14.3 Å². The molecule has 0 saturated carbocycles. The topological polar surface area (TPSA) is 83.0 Å². The van der Waals surface area contributed by atoms with Crippen LogP contribution in [0.4, 0.5) is 0 Å². The Morgan fingerprint density at radius 1 is 1.29 bits per heavy atom. The Balaban J connectivity index is 0.00000400. The maximum absolute atomic E-state index is 11.6. The minimum atomic E-state index is -0.0793. The molecule has 0 aromatic heterocycles. The van der Waals surface area contributed by atoms with Crippen molar-refractivity contribution in [3.63, 3.8) is 0 Å². The molecule has 1 saturated heterocycles. The number of nitrogens with zero attached hydrogens (tertiary/aromatic N) is 2. The standard InChI is InChI=1S/C13H24N4O3.HI/c1-3-14-13(16-8-10-20-2)15-7-9-17-11(18)5-4-6-12(17)19;/h3-10H2,1-2H3,(H2,14,15,16);1H. The van der Waals surface area contributed by atoms with E-state index in [0.29, 0.717) is 51.5 Å². The molecular weight excluding hydrogens is 387 g/mol. The Morgan fingerprint density at radius 3 is 2.52 bits per heavy atom. The molecule has 0 atom stereocenters. The van der Waals surface area contributed by atoms with Crippen molar-refractivity contribution in [1.29, 1.82) is 0 Å². The van der Waals surface area contributed by atoms with Gasteiger partial charge in [0.05, 0.1) is 13.2 Å². The quantitative estimate of drug-likeness (QED) is 0.207. The Bertz CT molecular complexity index is 347. The highest BCUT2D eigenvalue weighted by Gasteiger charge is 2.25. The van der Waals surface area contributed by atoms with Gasteiger partial charge >= 0.3 is 0 Å². The molecule has 2 N–H and O–H groups in total. The lowest BCUT2D eigenvalue weighted by atomic mass is 10.1. The van der Waals surface area contributed by atoms with Crippen LogP contribution >= 0.6 is 24.0 Å². The third kappa shape index (κ3) is 7.60. The van der Waals surface area contributed by atoms with Gasteiger partial charge in [-0.25, -0.2) is 0 Å². The molecule has 21 heavy (non-hydrogen) atoms. The van der Waals surface area contributed by atoms with E-state index in [4.69, 9.17) is 4.74 Å². The number of aliphatic imine (C=N–C) groups is 1. The van der Waals surface area contributed by atoms with Gasteiger partial charge in [-0.1, -0.05) is 0 Å². The lowest BCUT2D eigenvalue weighted by Gasteiger charge is -2.25. The summed E-state index contributed by atoms with van der Waals surface area (Å²) in [4.78, 5) is 28.9. The second kappa shape index (κ2) is 11.7. The van der Waals surface area contributed by atoms with Crippen molar-refractivity contribution in [3.8, 4) is 0 Å². The van der Waals surface area contributed by atoms with E-state index in [-0.39, 0.29) is 35.8 Å². The maximum Gasteiger partial charge on any atom is 0.229 e. The Morgan fingerprint density at radius 2 is 1.95 bits per heavy atom. The highest BCUT2D eigenvalue weighted by molar-refractivity contribution is 14.0. The summed E-state index contributed by atoms with van der Waals surface area (Å²) < 4.78 is 4.94. The van der Waals surface area contributed by atoms with Crippen LogP contribution in [0.5, 0.6) is 0 Å². The van der Waals surface area contributed by atoms with Crippen molar-refractivity contribution in [2.45, 2.75) is 26.2 Å². The molecule has 1 aliphatic rings. The SMILES string of the molecule is CCNC(=NCCOC)NCCN1C(=O)CCCC1=O.I. The van der Waals surface area contributed by atoms with Gasteiger partial charge in [0.1, 0.15) is 0 Å². The second-order valence-corrected chi connectivity index (χ2v) is 4.47. The van der Waals surface area contributed by atoms with E-state index in [0.717, 1.165) is 6.54 Å². The van der Waals surface area contributed by atoms with Gasteiger partial charge in [-0.3, -0.25) is 19.5 Å². The highest BCUT2D eigenvalue weighted by Crippen LogP contribution is 2.11. The summed E-state index contributed by atoms with van der Waals surface area (Å²) in [5.74, 6) is 0.509. The van der Waals surface area contributed by atoms with Gasteiger partial charge < -0.3 is 15.4 Å². The number of carbonyl (C=O) groups is 2. The number of piperidine rings is 1. The lowest BCUT2D eigenvalue weighted by molar-refractivity contribution is -0.147. The lowest BCUT2D eigenvalue weighted by Crippen LogP contribution is -2.46. The molecule has 1 heterocycles. The fraction of sp³-hybridized carbons (Fsp3) is 0.769. The number of rotatable bonds is 7. The molecule has 0 aromatic rings. The Labute approximate surface area is 142 Å². The third-order valence-electron chi connectivity index (χ3n) is 2.92. The van der Waals surface area contributed by atoms with Crippen LogP contribution in [-0.2, 0) is 14.3 Å². The molecule has 2 amide bonds. The number of hydrogen-bond acceptors (Lipinski definition) is 4. The third-order valence-corrected chi connectivity index (χ3v) is 2.92. The van der Waals surface area contributed by atoms with Crippen LogP contribution in [0.3, 0.4) is 0 Å². The number of halogens is 1. The highest BCUT2D eigenvalue weighted by atomic mass is 127. The summed E-state index contributed by atoms with van der Waals surface area (Å²) in [5.41, 5.74) is 0. The molecular formula is C13H25IN4O3. The molecule has 8 heteroatoms. The molecule has 7 nitrogen and oxygen atoms in total. The molecule has 0 aliphatic carbocycles. The average molecular weight is 412 g/mol. The van der Waals surface area contributed by atoms with E-state index >= 15 is 0 Å². The summed E-state index contributed by atoms with van der Waals surface area (Å²) in [6, 6.07) is 0. The van der Waals surface area contributed by atoms with E-state index in [2.05, 4.69) is 15.6 Å². The number of hydrogen-bond donors (Lipinski definition) is 2. The first-order valence-corrected chi connectivity index (χ1v) is 7.03. The van der Waals surface area contributed by atoms with Gasteiger partial charge in [0.2, 0.25) is 11.8 Å². The number of imide groups is 1. The van der Waals surface area contributed by atoms with Crippen LogP contribution in [0.2, 0.25) is 0 Å². The average Bonchev–Trinajstić information content (AvgIpc) is 2.42. The molecule has 0 aromatic carbocycles. The predicted molar refractivity (Wildman–Crippen MR) is 91.8 cm³/mol. The van der Waals surface area contributed by atoms with Gasteiger partial charge in [0.25, 0.3) is 0 Å². The molecule has 1 rings (SSSR count). The maximum atomic E-state index is 11.6. The summed E-state index contributed by atoms with van der Waals surface area (Å²) in [5, 5.41) is 6.20. The second-order valence-electron chi connectivity index (χ2n) is 4.47. The van der Waals surface area contributed by atoms with E-state index in [9.17, 15) is 9.59 Å².